The molecule has 56 valence electrons. The number of hydrogen-bond donors (Lipinski definition) is 0. The first-order valence-corrected chi connectivity index (χ1v) is 3.73. The predicted octanol–water partition coefficient (Wildman–Crippen LogP) is 3.48. The van der Waals surface area contributed by atoms with Crippen molar-refractivity contribution in [3.63, 3.8) is 0 Å². The van der Waals surface area contributed by atoms with Crippen molar-refractivity contribution in [2.45, 2.75) is 26.7 Å². The van der Waals surface area contributed by atoms with Crippen LogP contribution in [0.3, 0.4) is 0 Å². The van der Waals surface area contributed by atoms with Crippen molar-refractivity contribution in [1.82, 2.24) is 0 Å². The molecule has 0 rings (SSSR count). The first-order chi connectivity index (χ1) is 4.81. The normalized spacial score (nSPS) is 11.4. The molecule has 0 aliphatic heterocycles. The van der Waals surface area contributed by atoms with Crippen molar-refractivity contribution in [3.8, 4) is 0 Å². The van der Waals surface area contributed by atoms with Crippen molar-refractivity contribution in [2.75, 3.05) is 0 Å². The maximum atomic E-state index is 3.90. The first-order valence-electron chi connectivity index (χ1n) is 3.73. The Balaban J connectivity index is 3.40. The van der Waals surface area contributed by atoms with Crippen LogP contribution in [-0.4, -0.2) is 0 Å². The quantitative estimate of drug-likeness (QED) is 0.410. The Bertz CT molecular complexity index is 138. The standard InChI is InChI=1S/C10H16/c1-4-6-7-9-10(3)8-5-2/h4-6,8H,3,7,9H2,1-2H3/b6-4+,8-5+. The zero-order chi connectivity index (χ0) is 7.82. The summed E-state index contributed by atoms with van der Waals surface area (Å²) >= 11 is 0. The fourth-order valence-corrected chi connectivity index (χ4v) is 0.754. The summed E-state index contributed by atoms with van der Waals surface area (Å²) in [7, 11) is 0. The molecule has 0 saturated heterocycles. The van der Waals surface area contributed by atoms with Crippen LogP contribution in [-0.2, 0) is 0 Å². The minimum atomic E-state index is 1.08. The largest absolute Gasteiger partial charge is 0.0958 e. The van der Waals surface area contributed by atoms with E-state index < -0.39 is 0 Å². The molecule has 0 nitrogen and oxygen atoms in total. The van der Waals surface area contributed by atoms with Gasteiger partial charge in [0.05, 0.1) is 0 Å². The van der Waals surface area contributed by atoms with Crippen LogP contribution in [0.15, 0.2) is 36.5 Å². The molecule has 10 heavy (non-hydrogen) atoms. The molecule has 0 heterocycles. The van der Waals surface area contributed by atoms with Gasteiger partial charge in [-0.2, -0.15) is 0 Å². The van der Waals surface area contributed by atoms with Gasteiger partial charge in [-0.1, -0.05) is 36.5 Å². The molecule has 0 unspecified atom stereocenters. The second-order valence-electron chi connectivity index (χ2n) is 2.27. The molecule has 0 spiro atoms. The van der Waals surface area contributed by atoms with Crippen molar-refractivity contribution >= 4 is 0 Å². The molecule has 0 fully saturated rings. The Labute approximate surface area is 64.0 Å². The van der Waals surface area contributed by atoms with Gasteiger partial charge in [-0.25, -0.2) is 0 Å². The molecular weight excluding hydrogens is 120 g/mol. The van der Waals surface area contributed by atoms with E-state index in [0.717, 1.165) is 12.8 Å². The van der Waals surface area contributed by atoms with Gasteiger partial charge < -0.3 is 0 Å². The molecule has 0 atom stereocenters. The van der Waals surface area contributed by atoms with E-state index in [0.29, 0.717) is 0 Å². The SMILES string of the molecule is C=C(/C=C/C)CC/C=C/C. The summed E-state index contributed by atoms with van der Waals surface area (Å²) in [5.41, 5.74) is 1.21. The zero-order valence-electron chi connectivity index (χ0n) is 6.93. The Hall–Kier alpha value is -0.780. The van der Waals surface area contributed by atoms with Crippen LogP contribution in [0.4, 0.5) is 0 Å². The van der Waals surface area contributed by atoms with Gasteiger partial charge in [-0.15, -0.1) is 0 Å². The van der Waals surface area contributed by atoms with E-state index in [-0.39, 0.29) is 0 Å². The van der Waals surface area contributed by atoms with Crippen LogP contribution >= 0.6 is 0 Å². The number of hydrogen-bond acceptors (Lipinski definition) is 0. The highest BCUT2D eigenvalue weighted by Gasteiger charge is 1.83. The van der Waals surface area contributed by atoms with Gasteiger partial charge in [0, 0.05) is 0 Å². The summed E-state index contributed by atoms with van der Waals surface area (Å²) in [4.78, 5) is 0. The molecule has 0 aromatic heterocycles. The van der Waals surface area contributed by atoms with Crippen LogP contribution in [0, 0.1) is 0 Å². The molecule has 0 aromatic rings. The molecule has 0 aromatic carbocycles. The fraction of sp³-hybridized carbons (Fsp3) is 0.400. The summed E-state index contributed by atoms with van der Waals surface area (Å²) in [5, 5.41) is 0. The lowest BCUT2D eigenvalue weighted by Gasteiger charge is -1.93. The fourth-order valence-electron chi connectivity index (χ4n) is 0.754. The average molecular weight is 136 g/mol. The maximum absolute atomic E-state index is 3.90. The highest BCUT2D eigenvalue weighted by molar-refractivity contribution is 5.13. The Morgan fingerprint density at radius 2 is 2.00 bits per heavy atom. The molecule has 0 saturated carbocycles. The third kappa shape index (κ3) is 5.36. The van der Waals surface area contributed by atoms with Gasteiger partial charge in [-0.3, -0.25) is 0 Å². The third-order valence-corrected chi connectivity index (χ3v) is 1.27. The summed E-state index contributed by atoms with van der Waals surface area (Å²) in [6.07, 6.45) is 10.5. The maximum Gasteiger partial charge on any atom is -0.0250 e. The van der Waals surface area contributed by atoms with Crippen LogP contribution in [0.2, 0.25) is 0 Å². The van der Waals surface area contributed by atoms with E-state index in [4.69, 9.17) is 0 Å². The van der Waals surface area contributed by atoms with Crippen LogP contribution in [0.1, 0.15) is 26.7 Å². The Morgan fingerprint density at radius 1 is 1.30 bits per heavy atom. The van der Waals surface area contributed by atoms with Crippen molar-refractivity contribution in [3.05, 3.63) is 36.5 Å². The second-order valence-corrected chi connectivity index (χ2v) is 2.27. The molecule has 0 amide bonds. The molecule has 0 aliphatic carbocycles. The summed E-state index contributed by atoms with van der Waals surface area (Å²) in [5.74, 6) is 0. The Morgan fingerprint density at radius 3 is 2.50 bits per heavy atom. The summed E-state index contributed by atoms with van der Waals surface area (Å²) in [6.45, 7) is 7.95. The van der Waals surface area contributed by atoms with Crippen LogP contribution < -0.4 is 0 Å². The van der Waals surface area contributed by atoms with E-state index in [1.807, 2.05) is 19.9 Å². The van der Waals surface area contributed by atoms with Gasteiger partial charge in [0.1, 0.15) is 0 Å². The molecule has 0 radical (unpaired) electrons. The zero-order valence-corrected chi connectivity index (χ0v) is 6.93. The van der Waals surface area contributed by atoms with E-state index >= 15 is 0 Å². The third-order valence-electron chi connectivity index (χ3n) is 1.27. The minimum Gasteiger partial charge on any atom is -0.0958 e. The van der Waals surface area contributed by atoms with Gasteiger partial charge in [0.2, 0.25) is 0 Å². The monoisotopic (exact) mass is 136 g/mol. The van der Waals surface area contributed by atoms with Gasteiger partial charge in [0.25, 0.3) is 0 Å². The molecule has 0 heteroatoms. The van der Waals surface area contributed by atoms with Gasteiger partial charge in [-0.05, 0) is 26.7 Å². The molecule has 0 bridgehead atoms. The first kappa shape index (κ1) is 9.22. The van der Waals surface area contributed by atoms with E-state index in [9.17, 15) is 0 Å². The van der Waals surface area contributed by atoms with Crippen LogP contribution in [0.5, 0.6) is 0 Å². The lowest BCUT2D eigenvalue weighted by molar-refractivity contribution is 1.01. The van der Waals surface area contributed by atoms with Crippen molar-refractivity contribution < 1.29 is 0 Å². The van der Waals surface area contributed by atoms with E-state index in [1.165, 1.54) is 5.57 Å². The van der Waals surface area contributed by atoms with Gasteiger partial charge >= 0.3 is 0 Å². The van der Waals surface area contributed by atoms with E-state index in [1.54, 1.807) is 0 Å². The second kappa shape index (κ2) is 6.34. The minimum absolute atomic E-state index is 1.08. The highest BCUT2D eigenvalue weighted by Crippen LogP contribution is 2.03. The lowest BCUT2D eigenvalue weighted by Crippen LogP contribution is -1.73. The van der Waals surface area contributed by atoms with Crippen molar-refractivity contribution in [1.29, 1.82) is 0 Å². The highest BCUT2D eigenvalue weighted by atomic mass is 13.9. The Kier molecular flexibility index (Phi) is 5.85. The smallest absolute Gasteiger partial charge is 0.0250 e. The number of allylic oxidation sites excluding steroid dienone is 5. The summed E-state index contributed by atoms with van der Waals surface area (Å²) in [6, 6.07) is 0. The molecule has 0 N–H and O–H groups in total. The van der Waals surface area contributed by atoms with Crippen molar-refractivity contribution in [2.24, 2.45) is 0 Å². The average Bonchev–Trinajstić information content (AvgIpc) is 1.89. The number of rotatable bonds is 4. The topological polar surface area (TPSA) is 0 Å². The van der Waals surface area contributed by atoms with Crippen LogP contribution in [0.25, 0.3) is 0 Å². The van der Waals surface area contributed by atoms with E-state index in [2.05, 4.69) is 24.8 Å². The van der Waals surface area contributed by atoms with Gasteiger partial charge in [0.15, 0.2) is 0 Å². The predicted molar refractivity (Wildman–Crippen MR) is 48.0 cm³/mol. The lowest BCUT2D eigenvalue weighted by atomic mass is 10.1. The molecule has 0 aliphatic rings. The molecular formula is C10H16. The summed E-state index contributed by atoms with van der Waals surface area (Å²) < 4.78 is 0.